The van der Waals surface area contributed by atoms with Gasteiger partial charge in [-0.3, -0.25) is 4.79 Å². The summed E-state index contributed by atoms with van der Waals surface area (Å²) in [7, 11) is 1.61. The average Bonchev–Trinajstić information content (AvgIpc) is 2.60. The van der Waals surface area contributed by atoms with Crippen molar-refractivity contribution in [2.45, 2.75) is 12.8 Å². The number of pyridine rings is 1. The second kappa shape index (κ2) is 9.62. The van der Waals surface area contributed by atoms with Gasteiger partial charge in [-0.15, -0.1) is 0 Å². The monoisotopic (exact) mass is 366 g/mol. The van der Waals surface area contributed by atoms with Gasteiger partial charge in [0, 0.05) is 20.2 Å². The highest BCUT2D eigenvalue weighted by molar-refractivity contribution is 6.34. The van der Waals surface area contributed by atoms with Crippen LogP contribution in [0.3, 0.4) is 0 Å². The van der Waals surface area contributed by atoms with E-state index in [-0.39, 0.29) is 16.8 Å². The quantitative estimate of drug-likeness (QED) is 0.660. The minimum atomic E-state index is -0.229. The minimum Gasteiger partial charge on any atom is -0.383 e. The Hall–Kier alpha value is -1.62. The Bertz CT molecular complexity index is 665. The van der Waals surface area contributed by atoms with Gasteiger partial charge in [0.2, 0.25) is 0 Å². The smallest absolute Gasteiger partial charge is 0.274 e. The molecule has 0 unspecified atom stereocenters. The van der Waals surface area contributed by atoms with Gasteiger partial charge in [0.25, 0.3) is 5.91 Å². The maximum atomic E-state index is 12.7. The zero-order chi connectivity index (χ0) is 17.4. The van der Waals surface area contributed by atoms with Gasteiger partial charge in [-0.2, -0.15) is 0 Å². The van der Waals surface area contributed by atoms with Gasteiger partial charge in [-0.25, -0.2) is 4.98 Å². The summed E-state index contributed by atoms with van der Waals surface area (Å²) < 4.78 is 5.10. The SMILES string of the molecule is COCCN(CCCc1ccccc1)C(=O)c1nc(Cl)ccc1Cl. The molecular weight excluding hydrogens is 347 g/mol. The third-order valence-electron chi connectivity index (χ3n) is 3.60. The molecule has 2 rings (SSSR count). The highest BCUT2D eigenvalue weighted by Crippen LogP contribution is 2.19. The van der Waals surface area contributed by atoms with E-state index in [4.69, 9.17) is 27.9 Å². The molecule has 1 amide bonds. The third-order valence-corrected chi connectivity index (χ3v) is 4.12. The van der Waals surface area contributed by atoms with Crippen LogP contribution >= 0.6 is 23.2 Å². The Kier molecular flexibility index (Phi) is 7.50. The number of amides is 1. The molecule has 0 saturated carbocycles. The number of methoxy groups -OCH3 is 1. The molecule has 2 aromatic rings. The molecule has 0 aliphatic heterocycles. The van der Waals surface area contributed by atoms with Crippen LogP contribution in [-0.2, 0) is 11.2 Å². The van der Waals surface area contributed by atoms with Crippen LogP contribution in [0.2, 0.25) is 10.2 Å². The van der Waals surface area contributed by atoms with E-state index in [2.05, 4.69) is 17.1 Å². The van der Waals surface area contributed by atoms with E-state index in [1.165, 1.54) is 5.56 Å². The number of benzene rings is 1. The van der Waals surface area contributed by atoms with Crippen LogP contribution in [0.4, 0.5) is 0 Å². The molecular formula is C18H20Cl2N2O2. The number of hydrogen-bond acceptors (Lipinski definition) is 3. The second-order valence-electron chi connectivity index (χ2n) is 5.34. The fourth-order valence-corrected chi connectivity index (χ4v) is 2.69. The van der Waals surface area contributed by atoms with Crippen molar-refractivity contribution in [3.05, 3.63) is 63.9 Å². The van der Waals surface area contributed by atoms with Crippen molar-refractivity contribution in [1.82, 2.24) is 9.88 Å². The van der Waals surface area contributed by atoms with Gasteiger partial charge < -0.3 is 9.64 Å². The molecule has 24 heavy (non-hydrogen) atoms. The Morgan fingerprint density at radius 2 is 1.88 bits per heavy atom. The topological polar surface area (TPSA) is 42.4 Å². The fourth-order valence-electron chi connectivity index (χ4n) is 2.35. The molecule has 4 nitrogen and oxygen atoms in total. The van der Waals surface area contributed by atoms with Crippen LogP contribution in [0.5, 0.6) is 0 Å². The van der Waals surface area contributed by atoms with E-state index in [9.17, 15) is 4.79 Å². The number of nitrogens with zero attached hydrogens (tertiary/aromatic N) is 2. The second-order valence-corrected chi connectivity index (χ2v) is 6.13. The zero-order valence-electron chi connectivity index (χ0n) is 13.5. The zero-order valence-corrected chi connectivity index (χ0v) is 15.1. The summed E-state index contributed by atoms with van der Waals surface area (Å²) >= 11 is 12.0. The van der Waals surface area contributed by atoms with Crippen molar-refractivity contribution in [1.29, 1.82) is 0 Å². The first-order valence-electron chi connectivity index (χ1n) is 7.76. The number of aryl methyl sites for hydroxylation is 1. The summed E-state index contributed by atoms with van der Waals surface area (Å²) in [5, 5.41) is 0.550. The van der Waals surface area contributed by atoms with E-state index in [1.54, 1.807) is 24.1 Å². The Labute approximate surface area is 152 Å². The van der Waals surface area contributed by atoms with E-state index in [0.717, 1.165) is 12.8 Å². The number of aromatic nitrogens is 1. The van der Waals surface area contributed by atoms with E-state index < -0.39 is 0 Å². The van der Waals surface area contributed by atoms with Gasteiger partial charge in [0.15, 0.2) is 0 Å². The maximum absolute atomic E-state index is 12.7. The Balaban J connectivity index is 2.03. The third kappa shape index (κ3) is 5.48. The van der Waals surface area contributed by atoms with Crippen LogP contribution in [-0.4, -0.2) is 42.6 Å². The number of halogens is 2. The van der Waals surface area contributed by atoms with Gasteiger partial charge in [0.1, 0.15) is 10.8 Å². The maximum Gasteiger partial charge on any atom is 0.274 e. The summed E-state index contributed by atoms with van der Waals surface area (Å²) in [6.07, 6.45) is 1.74. The molecule has 6 heteroatoms. The normalized spacial score (nSPS) is 10.6. The first-order chi connectivity index (χ1) is 11.6. The molecule has 0 radical (unpaired) electrons. The van der Waals surface area contributed by atoms with Crippen molar-refractivity contribution in [2.24, 2.45) is 0 Å². The summed E-state index contributed by atoms with van der Waals surface area (Å²) in [6.45, 7) is 1.53. The van der Waals surface area contributed by atoms with Gasteiger partial charge in [0.05, 0.1) is 11.6 Å². The lowest BCUT2D eigenvalue weighted by molar-refractivity contribution is 0.0688. The first-order valence-corrected chi connectivity index (χ1v) is 8.51. The molecule has 0 aliphatic carbocycles. The number of carbonyl (C=O) groups is 1. The molecule has 0 aliphatic rings. The highest BCUT2D eigenvalue weighted by Gasteiger charge is 2.20. The molecule has 0 N–H and O–H groups in total. The molecule has 0 atom stereocenters. The summed E-state index contributed by atoms with van der Waals surface area (Å²) in [6, 6.07) is 13.3. The van der Waals surface area contributed by atoms with Crippen molar-refractivity contribution >= 4 is 29.1 Å². The lowest BCUT2D eigenvalue weighted by Crippen LogP contribution is -2.35. The minimum absolute atomic E-state index is 0.181. The number of hydrogen-bond donors (Lipinski definition) is 0. The molecule has 0 bridgehead atoms. The van der Waals surface area contributed by atoms with Crippen LogP contribution in [0.15, 0.2) is 42.5 Å². The van der Waals surface area contributed by atoms with Gasteiger partial charge >= 0.3 is 0 Å². The lowest BCUT2D eigenvalue weighted by Gasteiger charge is -2.22. The molecule has 1 aromatic heterocycles. The van der Waals surface area contributed by atoms with Crippen molar-refractivity contribution in [2.75, 3.05) is 26.8 Å². The molecule has 0 spiro atoms. The van der Waals surface area contributed by atoms with Crippen LogP contribution in [0.1, 0.15) is 22.5 Å². The number of rotatable bonds is 8. The highest BCUT2D eigenvalue weighted by atomic mass is 35.5. The number of ether oxygens (including phenoxy) is 1. The van der Waals surface area contributed by atoms with Crippen LogP contribution < -0.4 is 0 Å². The van der Waals surface area contributed by atoms with E-state index in [0.29, 0.717) is 24.7 Å². The first kappa shape index (κ1) is 18.7. The van der Waals surface area contributed by atoms with E-state index >= 15 is 0 Å². The predicted molar refractivity (Wildman–Crippen MR) is 96.8 cm³/mol. The molecule has 0 fully saturated rings. The van der Waals surface area contributed by atoms with Gasteiger partial charge in [-0.1, -0.05) is 53.5 Å². The van der Waals surface area contributed by atoms with E-state index in [1.807, 2.05) is 18.2 Å². The fraction of sp³-hybridized carbons (Fsp3) is 0.333. The Morgan fingerprint density at radius 3 is 2.58 bits per heavy atom. The summed E-state index contributed by atoms with van der Waals surface area (Å²) in [4.78, 5) is 18.5. The molecule has 0 saturated heterocycles. The van der Waals surface area contributed by atoms with Crippen molar-refractivity contribution < 1.29 is 9.53 Å². The number of carbonyl (C=O) groups excluding carboxylic acids is 1. The Morgan fingerprint density at radius 1 is 1.12 bits per heavy atom. The average molecular weight is 367 g/mol. The standard InChI is InChI=1S/C18H20Cl2N2O2/c1-24-13-12-22(11-5-8-14-6-3-2-4-7-14)18(23)17-15(19)9-10-16(20)21-17/h2-4,6-7,9-10H,5,8,11-13H2,1H3. The van der Waals surface area contributed by atoms with Crippen molar-refractivity contribution in [3.63, 3.8) is 0 Å². The summed E-state index contributed by atoms with van der Waals surface area (Å²) in [5.41, 5.74) is 1.43. The van der Waals surface area contributed by atoms with Gasteiger partial charge in [-0.05, 0) is 30.5 Å². The lowest BCUT2D eigenvalue weighted by atomic mass is 10.1. The largest absolute Gasteiger partial charge is 0.383 e. The molecule has 128 valence electrons. The predicted octanol–water partition coefficient (Wildman–Crippen LogP) is 4.11. The van der Waals surface area contributed by atoms with Crippen LogP contribution in [0.25, 0.3) is 0 Å². The molecule has 1 aromatic carbocycles. The van der Waals surface area contributed by atoms with Crippen molar-refractivity contribution in [3.8, 4) is 0 Å². The summed E-state index contributed by atoms with van der Waals surface area (Å²) in [5.74, 6) is -0.229. The van der Waals surface area contributed by atoms with Crippen LogP contribution in [0, 0.1) is 0 Å². The molecule has 1 heterocycles.